The van der Waals surface area contributed by atoms with Gasteiger partial charge in [0.05, 0.1) is 22.5 Å². The van der Waals surface area contributed by atoms with Gasteiger partial charge in [-0.1, -0.05) is 6.07 Å². The topological polar surface area (TPSA) is 79.3 Å². The highest BCUT2D eigenvalue weighted by Crippen LogP contribution is 2.31. The van der Waals surface area contributed by atoms with E-state index in [9.17, 15) is 18.0 Å². The fraction of sp³-hybridized carbons (Fsp3) is 0.125. The smallest absolute Gasteiger partial charge is 0.417 e. The summed E-state index contributed by atoms with van der Waals surface area (Å²) in [6, 6.07) is 7.94. The van der Waals surface area contributed by atoms with Crippen LogP contribution in [0.2, 0.25) is 0 Å². The molecule has 0 radical (unpaired) electrons. The third-order valence-corrected chi connectivity index (χ3v) is 3.44. The van der Waals surface area contributed by atoms with Gasteiger partial charge < -0.3 is 5.11 Å². The van der Waals surface area contributed by atoms with Crippen LogP contribution in [0.25, 0.3) is 5.65 Å². The minimum Gasteiger partial charge on any atom is -0.478 e. The summed E-state index contributed by atoms with van der Waals surface area (Å²) in [6.45, 7) is 1.60. The molecule has 1 aromatic carbocycles. The Morgan fingerprint density at radius 3 is 2.64 bits per heavy atom. The third kappa shape index (κ3) is 3.35. The molecule has 0 bridgehead atoms. The summed E-state index contributed by atoms with van der Waals surface area (Å²) in [6.07, 6.45) is -3.59. The Morgan fingerprint density at radius 1 is 1.20 bits per heavy atom. The summed E-state index contributed by atoms with van der Waals surface area (Å²) in [4.78, 5) is 15.1. The lowest BCUT2D eigenvalue weighted by molar-refractivity contribution is -0.137. The van der Waals surface area contributed by atoms with Gasteiger partial charge in [0.1, 0.15) is 5.65 Å². The molecule has 0 aliphatic rings. The predicted octanol–water partition coefficient (Wildman–Crippen LogP) is 4.78. The summed E-state index contributed by atoms with van der Waals surface area (Å²) in [5.74, 6) is -0.973. The normalized spacial score (nSPS) is 12.2. The average Bonchev–Trinajstić information content (AvgIpc) is 2.86. The van der Waals surface area contributed by atoms with Gasteiger partial charge in [-0.2, -0.15) is 13.2 Å². The van der Waals surface area contributed by atoms with Gasteiger partial charge in [0.25, 0.3) is 0 Å². The van der Waals surface area contributed by atoms with Crippen LogP contribution in [0.1, 0.15) is 21.6 Å². The van der Waals surface area contributed by atoms with Crippen LogP contribution in [0.5, 0.6) is 0 Å². The molecular formula is C16H11F3N4O2. The molecule has 25 heavy (non-hydrogen) atoms. The first-order chi connectivity index (χ1) is 11.8. The molecule has 0 amide bonds. The van der Waals surface area contributed by atoms with Gasteiger partial charge in [-0.15, -0.1) is 10.2 Å². The van der Waals surface area contributed by atoms with E-state index >= 15 is 0 Å². The van der Waals surface area contributed by atoms with Crippen molar-refractivity contribution in [3.05, 3.63) is 59.4 Å². The van der Waals surface area contributed by atoms with Crippen molar-refractivity contribution in [2.45, 2.75) is 13.1 Å². The monoisotopic (exact) mass is 348 g/mol. The maximum absolute atomic E-state index is 12.9. The molecular weight excluding hydrogens is 337 g/mol. The molecule has 0 saturated heterocycles. The second kappa shape index (κ2) is 6.00. The fourth-order valence-electron chi connectivity index (χ4n) is 2.24. The van der Waals surface area contributed by atoms with E-state index in [4.69, 9.17) is 5.11 Å². The van der Waals surface area contributed by atoms with E-state index in [0.717, 1.165) is 12.3 Å². The Kier molecular flexibility index (Phi) is 3.99. The molecule has 6 nitrogen and oxygen atoms in total. The Bertz CT molecular complexity index is 993. The SMILES string of the molecule is Cc1nc2ccc(C(F)(F)F)cn2c1N=Nc1cccc(C(=O)O)c1. The molecule has 3 rings (SSSR count). The number of imidazole rings is 1. The summed E-state index contributed by atoms with van der Waals surface area (Å²) in [5.41, 5.74) is 0.171. The standard InChI is InChI=1S/C16H11F3N4O2/c1-9-14(22-21-12-4-2-3-10(7-12)15(24)25)23-8-11(16(17,18)19)5-6-13(23)20-9/h2-8H,1H3,(H,24,25). The van der Waals surface area contributed by atoms with Crippen molar-refractivity contribution in [1.29, 1.82) is 0 Å². The van der Waals surface area contributed by atoms with Gasteiger partial charge in [-0.3, -0.25) is 4.40 Å². The lowest BCUT2D eigenvalue weighted by Gasteiger charge is -2.06. The lowest BCUT2D eigenvalue weighted by atomic mass is 10.2. The number of alkyl halides is 3. The van der Waals surface area contributed by atoms with Crippen LogP contribution in [-0.4, -0.2) is 20.5 Å². The van der Waals surface area contributed by atoms with Crippen LogP contribution >= 0.6 is 0 Å². The first kappa shape index (κ1) is 16.6. The molecule has 0 spiro atoms. The summed E-state index contributed by atoms with van der Waals surface area (Å²) in [7, 11) is 0. The van der Waals surface area contributed by atoms with E-state index < -0.39 is 17.7 Å². The van der Waals surface area contributed by atoms with E-state index in [1.165, 1.54) is 34.7 Å². The largest absolute Gasteiger partial charge is 0.478 e. The highest BCUT2D eigenvalue weighted by molar-refractivity contribution is 5.88. The highest BCUT2D eigenvalue weighted by atomic mass is 19.4. The third-order valence-electron chi connectivity index (χ3n) is 3.44. The van der Waals surface area contributed by atoms with Crippen molar-refractivity contribution in [1.82, 2.24) is 9.38 Å². The van der Waals surface area contributed by atoms with Gasteiger partial charge in [-0.05, 0) is 37.3 Å². The minimum absolute atomic E-state index is 0.0330. The molecule has 1 N–H and O–H groups in total. The van der Waals surface area contributed by atoms with E-state index in [1.54, 1.807) is 6.92 Å². The Labute approximate surface area is 139 Å². The molecule has 2 heterocycles. The number of carboxylic acids is 1. The number of aromatic nitrogens is 2. The van der Waals surface area contributed by atoms with Crippen molar-refractivity contribution in [2.75, 3.05) is 0 Å². The quantitative estimate of drug-likeness (QED) is 0.692. The van der Waals surface area contributed by atoms with Gasteiger partial charge >= 0.3 is 12.1 Å². The molecule has 128 valence electrons. The highest BCUT2D eigenvalue weighted by Gasteiger charge is 2.31. The molecule has 0 fully saturated rings. The van der Waals surface area contributed by atoms with Gasteiger partial charge in [0.15, 0.2) is 5.82 Å². The van der Waals surface area contributed by atoms with E-state index in [-0.39, 0.29) is 17.1 Å². The lowest BCUT2D eigenvalue weighted by Crippen LogP contribution is -2.06. The van der Waals surface area contributed by atoms with Crippen molar-refractivity contribution >= 4 is 23.1 Å². The first-order valence-corrected chi connectivity index (χ1v) is 7.07. The number of halogens is 3. The second-order valence-corrected chi connectivity index (χ2v) is 5.22. The Balaban J connectivity index is 2.04. The number of aromatic carboxylic acids is 1. The van der Waals surface area contributed by atoms with Crippen LogP contribution in [-0.2, 0) is 6.18 Å². The zero-order chi connectivity index (χ0) is 18.2. The first-order valence-electron chi connectivity index (χ1n) is 7.07. The number of pyridine rings is 1. The number of rotatable bonds is 3. The van der Waals surface area contributed by atoms with Crippen molar-refractivity contribution < 1.29 is 23.1 Å². The number of carbonyl (C=O) groups is 1. The number of hydrogen-bond donors (Lipinski definition) is 1. The molecule has 0 atom stereocenters. The predicted molar refractivity (Wildman–Crippen MR) is 82.5 cm³/mol. The summed E-state index contributed by atoms with van der Waals surface area (Å²) >= 11 is 0. The zero-order valence-electron chi connectivity index (χ0n) is 12.8. The Hall–Kier alpha value is -3.23. The van der Waals surface area contributed by atoms with Crippen LogP contribution < -0.4 is 0 Å². The maximum Gasteiger partial charge on any atom is 0.417 e. The number of nitrogens with zero attached hydrogens (tertiary/aromatic N) is 4. The molecule has 2 aromatic heterocycles. The van der Waals surface area contributed by atoms with E-state index in [2.05, 4.69) is 15.2 Å². The number of carboxylic acid groups (broad SMARTS) is 1. The fourth-order valence-corrected chi connectivity index (χ4v) is 2.24. The van der Waals surface area contributed by atoms with Crippen LogP contribution in [0.4, 0.5) is 24.7 Å². The molecule has 0 aliphatic heterocycles. The van der Waals surface area contributed by atoms with Gasteiger partial charge in [0.2, 0.25) is 0 Å². The Morgan fingerprint density at radius 2 is 1.96 bits per heavy atom. The van der Waals surface area contributed by atoms with Gasteiger partial charge in [-0.25, -0.2) is 9.78 Å². The van der Waals surface area contributed by atoms with Crippen molar-refractivity contribution in [3.8, 4) is 0 Å². The number of aryl methyl sites for hydroxylation is 1. The number of benzene rings is 1. The maximum atomic E-state index is 12.9. The van der Waals surface area contributed by atoms with E-state index in [0.29, 0.717) is 11.3 Å². The summed E-state index contributed by atoms with van der Waals surface area (Å²) < 4.78 is 39.8. The molecule has 0 aliphatic carbocycles. The average molecular weight is 348 g/mol. The summed E-state index contributed by atoms with van der Waals surface area (Å²) in [5, 5.41) is 16.8. The number of fused-ring (bicyclic) bond motifs is 1. The van der Waals surface area contributed by atoms with Crippen LogP contribution in [0.3, 0.4) is 0 Å². The van der Waals surface area contributed by atoms with Crippen molar-refractivity contribution in [2.24, 2.45) is 10.2 Å². The molecule has 0 saturated carbocycles. The van der Waals surface area contributed by atoms with Crippen molar-refractivity contribution in [3.63, 3.8) is 0 Å². The molecule has 3 aromatic rings. The van der Waals surface area contributed by atoms with Gasteiger partial charge in [0, 0.05) is 6.20 Å². The second-order valence-electron chi connectivity index (χ2n) is 5.22. The zero-order valence-corrected chi connectivity index (χ0v) is 12.8. The minimum atomic E-state index is -4.49. The van der Waals surface area contributed by atoms with E-state index in [1.807, 2.05) is 0 Å². The number of azo groups is 1. The number of hydrogen-bond acceptors (Lipinski definition) is 4. The molecule has 0 unspecified atom stereocenters. The van der Waals surface area contributed by atoms with Crippen LogP contribution in [0, 0.1) is 6.92 Å². The molecule has 9 heteroatoms. The van der Waals surface area contributed by atoms with Crippen LogP contribution in [0.15, 0.2) is 52.8 Å².